The number of ether oxygens (including phenoxy) is 1. The molecule has 132 valence electrons. The first-order valence-electron chi connectivity index (χ1n) is 8.47. The first kappa shape index (κ1) is 17.3. The van der Waals surface area contributed by atoms with Crippen LogP contribution in [0.4, 0.5) is 5.95 Å². The highest BCUT2D eigenvalue weighted by molar-refractivity contribution is 5.63. The van der Waals surface area contributed by atoms with Gasteiger partial charge in [0.15, 0.2) is 0 Å². The quantitative estimate of drug-likeness (QED) is 0.701. The van der Waals surface area contributed by atoms with Crippen LogP contribution < -0.4 is 10.6 Å². The lowest BCUT2D eigenvalue weighted by Crippen LogP contribution is -2.39. The monoisotopic (exact) mass is 341 g/mol. The summed E-state index contributed by atoms with van der Waals surface area (Å²) in [4.78, 5) is 21.6. The third kappa shape index (κ3) is 5.23. The van der Waals surface area contributed by atoms with Crippen LogP contribution in [0.15, 0.2) is 36.7 Å². The van der Waals surface area contributed by atoms with Crippen LogP contribution in [0.5, 0.6) is 0 Å². The number of nitrogens with zero attached hydrogens (tertiary/aromatic N) is 3. The van der Waals surface area contributed by atoms with E-state index >= 15 is 0 Å². The number of benzene rings is 1. The number of hydrogen-bond donors (Lipinski definition) is 2. The van der Waals surface area contributed by atoms with Gasteiger partial charge in [-0.2, -0.15) is 0 Å². The number of rotatable bonds is 8. The minimum atomic E-state index is 0.513. The molecule has 7 nitrogen and oxygen atoms in total. The molecule has 25 heavy (non-hydrogen) atoms. The predicted molar refractivity (Wildman–Crippen MR) is 96.1 cm³/mol. The zero-order valence-corrected chi connectivity index (χ0v) is 14.1. The molecule has 2 heterocycles. The Bertz CT molecular complexity index is 671. The largest absolute Gasteiger partial charge is 0.379 e. The first-order chi connectivity index (χ1) is 12.3. The van der Waals surface area contributed by atoms with Gasteiger partial charge in [-0.3, -0.25) is 9.69 Å². The molecular formula is C18H23N5O2. The van der Waals surface area contributed by atoms with E-state index in [1.165, 1.54) is 0 Å². The summed E-state index contributed by atoms with van der Waals surface area (Å²) in [5, 5.41) is 5.93. The summed E-state index contributed by atoms with van der Waals surface area (Å²) < 4.78 is 5.34. The zero-order chi connectivity index (χ0) is 17.3. The van der Waals surface area contributed by atoms with Crippen molar-refractivity contribution in [1.82, 2.24) is 20.2 Å². The fourth-order valence-electron chi connectivity index (χ4n) is 2.74. The predicted octanol–water partition coefficient (Wildman–Crippen LogP) is 1.13. The molecule has 1 aliphatic rings. The maximum atomic E-state index is 10.4. The number of hydrogen-bond acceptors (Lipinski definition) is 6. The van der Waals surface area contributed by atoms with E-state index < -0.39 is 0 Å². The lowest BCUT2D eigenvalue weighted by Gasteiger charge is -2.26. The summed E-state index contributed by atoms with van der Waals surface area (Å²) in [6.07, 6.45) is 4.33. The molecule has 1 amide bonds. The van der Waals surface area contributed by atoms with Gasteiger partial charge in [0.2, 0.25) is 12.4 Å². The third-order valence-electron chi connectivity index (χ3n) is 4.12. The third-order valence-corrected chi connectivity index (χ3v) is 4.12. The first-order valence-corrected chi connectivity index (χ1v) is 8.47. The Morgan fingerprint density at radius 3 is 2.72 bits per heavy atom. The molecule has 1 aromatic carbocycles. The van der Waals surface area contributed by atoms with E-state index in [9.17, 15) is 4.79 Å². The fraction of sp³-hybridized carbons (Fsp3) is 0.389. The lowest BCUT2D eigenvalue weighted by atomic mass is 10.1. The number of anilines is 1. The van der Waals surface area contributed by atoms with Gasteiger partial charge < -0.3 is 15.4 Å². The standard InChI is InChI=1S/C18H23N5O2/c24-14-19-11-15-2-1-3-16(10-15)17-12-21-18(22-13-17)20-4-5-23-6-8-25-9-7-23/h1-3,10,12-14H,4-9,11H2,(H,19,24)(H,20,21,22). The second-order valence-electron chi connectivity index (χ2n) is 5.88. The van der Waals surface area contributed by atoms with Gasteiger partial charge in [-0.1, -0.05) is 18.2 Å². The number of aromatic nitrogens is 2. The van der Waals surface area contributed by atoms with Crippen LogP contribution in [-0.2, 0) is 16.1 Å². The van der Waals surface area contributed by atoms with E-state index in [1.807, 2.05) is 36.7 Å². The number of morpholine rings is 1. The Morgan fingerprint density at radius 2 is 1.96 bits per heavy atom. The average molecular weight is 341 g/mol. The molecule has 2 N–H and O–H groups in total. The van der Waals surface area contributed by atoms with Crippen molar-refractivity contribution in [3.63, 3.8) is 0 Å². The Kier molecular flexibility index (Phi) is 6.30. The van der Waals surface area contributed by atoms with Gasteiger partial charge in [0.25, 0.3) is 0 Å². The molecule has 0 atom stereocenters. The molecule has 0 bridgehead atoms. The van der Waals surface area contributed by atoms with E-state index in [2.05, 4.69) is 25.5 Å². The lowest BCUT2D eigenvalue weighted by molar-refractivity contribution is -0.109. The van der Waals surface area contributed by atoms with Crippen molar-refractivity contribution in [3.05, 3.63) is 42.2 Å². The van der Waals surface area contributed by atoms with Gasteiger partial charge in [-0.05, 0) is 17.2 Å². The summed E-state index contributed by atoms with van der Waals surface area (Å²) in [6.45, 7) is 5.87. The van der Waals surface area contributed by atoms with Crippen LogP contribution in [0, 0.1) is 0 Å². The molecule has 1 saturated heterocycles. The molecule has 1 aliphatic heterocycles. The number of carbonyl (C=O) groups excluding carboxylic acids is 1. The topological polar surface area (TPSA) is 79.4 Å². The second-order valence-corrected chi connectivity index (χ2v) is 5.88. The fourth-order valence-corrected chi connectivity index (χ4v) is 2.74. The van der Waals surface area contributed by atoms with E-state index in [0.717, 1.165) is 56.1 Å². The Morgan fingerprint density at radius 1 is 1.16 bits per heavy atom. The summed E-state index contributed by atoms with van der Waals surface area (Å²) in [5.74, 6) is 0.635. The minimum absolute atomic E-state index is 0.513. The maximum Gasteiger partial charge on any atom is 0.222 e. The van der Waals surface area contributed by atoms with Gasteiger partial charge >= 0.3 is 0 Å². The van der Waals surface area contributed by atoms with E-state index in [1.54, 1.807) is 0 Å². The number of carbonyl (C=O) groups is 1. The van der Waals surface area contributed by atoms with Crippen LogP contribution in [0.3, 0.4) is 0 Å². The summed E-state index contributed by atoms with van der Waals surface area (Å²) in [5.41, 5.74) is 3.02. The molecule has 0 spiro atoms. The van der Waals surface area contributed by atoms with Gasteiger partial charge in [0.1, 0.15) is 0 Å². The van der Waals surface area contributed by atoms with Gasteiger partial charge in [-0.25, -0.2) is 9.97 Å². The molecule has 2 aromatic rings. The van der Waals surface area contributed by atoms with Gasteiger partial charge in [0.05, 0.1) is 13.2 Å². The average Bonchev–Trinajstić information content (AvgIpc) is 2.68. The van der Waals surface area contributed by atoms with Crippen LogP contribution in [0.1, 0.15) is 5.56 Å². The maximum absolute atomic E-state index is 10.4. The molecule has 1 aromatic heterocycles. The molecule has 0 unspecified atom stereocenters. The van der Waals surface area contributed by atoms with Crippen molar-refractivity contribution in [2.45, 2.75) is 6.54 Å². The highest BCUT2D eigenvalue weighted by Crippen LogP contribution is 2.19. The molecular weight excluding hydrogens is 318 g/mol. The summed E-state index contributed by atoms with van der Waals surface area (Å²) in [6, 6.07) is 7.98. The molecule has 1 fully saturated rings. The zero-order valence-electron chi connectivity index (χ0n) is 14.1. The molecule has 3 rings (SSSR count). The smallest absolute Gasteiger partial charge is 0.222 e. The SMILES string of the molecule is O=CNCc1cccc(-c2cnc(NCCN3CCOCC3)nc2)c1. The second kappa shape index (κ2) is 9.10. The van der Waals surface area contributed by atoms with Crippen LogP contribution in [0.25, 0.3) is 11.1 Å². The van der Waals surface area contributed by atoms with Crippen molar-refractivity contribution >= 4 is 12.4 Å². The molecule has 0 aliphatic carbocycles. The van der Waals surface area contributed by atoms with Gasteiger partial charge in [-0.15, -0.1) is 0 Å². The number of nitrogens with one attached hydrogen (secondary N) is 2. The van der Waals surface area contributed by atoms with E-state index in [0.29, 0.717) is 18.9 Å². The van der Waals surface area contributed by atoms with Crippen molar-refractivity contribution < 1.29 is 9.53 Å². The highest BCUT2D eigenvalue weighted by atomic mass is 16.5. The van der Waals surface area contributed by atoms with Crippen molar-refractivity contribution in [2.24, 2.45) is 0 Å². The van der Waals surface area contributed by atoms with Crippen molar-refractivity contribution in [2.75, 3.05) is 44.7 Å². The normalized spacial score (nSPS) is 14.9. The highest BCUT2D eigenvalue weighted by Gasteiger charge is 2.09. The van der Waals surface area contributed by atoms with Gasteiger partial charge in [0, 0.05) is 50.7 Å². The molecule has 7 heteroatoms. The van der Waals surface area contributed by atoms with Crippen molar-refractivity contribution in [1.29, 1.82) is 0 Å². The van der Waals surface area contributed by atoms with Crippen LogP contribution in [-0.4, -0.2) is 60.7 Å². The Labute approximate surface area is 147 Å². The van der Waals surface area contributed by atoms with Crippen LogP contribution >= 0.6 is 0 Å². The van der Waals surface area contributed by atoms with Crippen LogP contribution in [0.2, 0.25) is 0 Å². The summed E-state index contributed by atoms with van der Waals surface area (Å²) in [7, 11) is 0. The summed E-state index contributed by atoms with van der Waals surface area (Å²) >= 11 is 0. The number of amides is 1. The Balaban J connectivity index is 1.53. The minimum Gasteiger partial charge on any atom is -0.379 e. The van der Waals surface area contributed by atoms with Crippen molar-refractivity contribution in [3.8, 4) is 11.1 Å². The van der Waals surface area contributed by atoms with E-state index in [-0.39, 0.29) is 0 Å². The molecule has 0 radical (unpaired) electrons. The molecule has 0 saturated carbocycles. The Hall–Kier alpha value is -2.51. The van der Waals surface area contributed by atoms with E-state index in [4.69, 9.17) is 4.74 Å².